The Balaban J connectivity index is 1.63. The predicted molar refractivity (Wildman–Crippen MR) is 128 cm³/mol. The molecule has 7 nitrogen and oxygen atoms in total. The van der Waals surface area contributed by atoms with Crippen molar-refractivity contribution in [3.63, 3.8) is 0 Å². The summed E-state index contributed by atoms with van der Waals surface area (Å²) in [6, 6.07) is 23.9. The normalized spacial score (nSPS) is 11.6. The van der Waals surface area contributed by atoms with Crippen LogP contribution in [0.4, 0.5) is 5.69 Å². The summed E-state index contributed by atoms with van der Waals surface area (Å²) in [6.07, 6.45) is 1.61. The molecule has 1 amide bonds. The molecule has 1 atom stereocenters. The van der Waals surface area contributed by atoms with Crippen molar-refractivity contribution in [2.24, 2.45) is 0 Å². The molecule has 166 valence electrons. The van der Waals surface area contributed by atoms with E-state index in [0.717, 1.165) is 17.0 Å². The van der Waals surface area contributed by atoms with Crippen molar-refractivity contribution in [1.82, 2.24) is 14.8 Å². The van der Waals surface area contributed by atoms with Gasteiger partial charge < -0.3 is 10.1 Å². The molecule has 8 heteroatoms. The van der Waals surface area contributed by atoms with Crippen LogP contribution in [-0.2, 0) is 4.79 Å². The van der Waals surface area contributed by atoms with Gasteiger partial charge in [0.05, 0.1) is 7.11 Å². The lowest BCUT2D eigenvalue weighted by molar-refractivity contribution is -0.115. The molecule has 0 aliphatic carbocycles. The Bertz CT molecular complexity index is 1260. The number of carbonyl (C=O) groups is 2. The SMILES string of the molecule is COc1ccc(-n2cnnc2SC(C(=O)Nc2cccc(C(C)=O)c2)c2ccccc2)cc1. The summed E-state index contributed by atoms with van der Waals surface area (Å²) in [4.78, 5) is 25.1. The Kier molecular flexibility index (Phi) is 6.85. The molecule has 4 rings (SSSR count). The van der Waals surface area contributed by atoms with Crippen molar-refractivity contribution in [2.45, 2.75) is 17.3 Å². The molecule has 1 aromatic heterocycles. The monoisotopic (exact) mass is 458 g/mol. The zero-order chi connectivity index (χ0) is 23.2. The highest BCUT2D eigenvalue weighted by Gasteiger charge is 2.25. The van der Waals surface area contributed by atoms with Crippen LogP contribution in [0.15, 0.2) is 90.3 Å². The molecule has 4 aromatic rings. The van der Waals surface area contributed by atoms with Gasteiger partial charge in [-0.05, 0) is 48.9 Å². The number of benzene rings is 3. The first-order valence-corrected chi connectivity index (χ1v) is 11.1. The number of nitrogens with zero attached hydrogens (tertiary/aromatic N) is 3. The smallest absolute Gasteiger partial charge is 0.242 e. The fourth-order valence-electron chi connectivity index (χ4n) is 3.25. The first kappa shape index (κ1) is 22.3. The predicted octanol–water partition coefficient (Wildman–Crippen LogP) is 4.95. The Morgan fingerprint density at radius 1 is 1.00 bits per heavy atom. The van der Waals surface area contributed by atoms with Gasteiger partial charge in [-0.2, -0.15) is 0 Å². The van der Waals surface area contributed by atoms with Crippen LogP contribution in [0, 0.1) is 0 Å². The third kappa shape index (κ3) is 5.30. The van der Waals surface area contributed by atoms with Gasteiger partial charge >= 0.3 is 0 Å². The molecule has 0 radical (unpaired) electrons. The Labute approximate surface area is 195 Å². The quantitative estimate of drug-likeness (QED) is 0.297. The number of methoxy groups -OCH3 is 1. The average molecular weight is 459 g/mol. The number of ether oxygens (including phenoxy) is 1. The summed E-state index contributed by atoms with van der Waals surface area (Å²) in [5, 5.41) is 11.2. The fourth-order valence-corrected chi connectivity index (χ4v) is 4.29. The first-order chi connectivity index (χ1) is 16.0. The average Bonchev–Trinajstić information content (AvgIpc) is 3.31. The Morgan fingerprint density at radius 2 is 1.76 bits per heavy atom. The topological polar surface area (TPSA) is 86.1 Å². The molecule has 3 aromatic carbocycles. The largest absolute Gasteiger partial charge is 0.497 e. The molecule has 0 bridgehead atoms. The number of rotatable bonds is 8. The van der Waals surface area contributed by atoms with Crippen molar-refractivity contribution < 1.29 is 14.3 Å². The maximum Gasteiger partial charge on any atom is 0.242 e. The highest BCUT2D eigenvalue weighted by molar-refractivity contribution is 8.00. The number of Topliss-reactive ketones (excluding diaryl/α,β-unsaturated/α-hetero) is 1. The van der Waals surface area contributed by atoms with Gasteiger partial charge in [0.2, 0.25) is 5.91 Å². The maximum absolute atomic E-state index is 13.4. The summed E-state index contributed by atoms with van der Waals surface area (Å²) in [5.74, 6) is 0.458. The molecule has 33 heavy (non-hydrogen) atoms. The van der Waals surface area contributed by atoms with E-state index in [1.165, 1.54) is 18.7 Å². The summed E-state index contributed by atoms with van der Waals surface area (Å²) in [7, 11) is 1.62. The lowest BCUT2D eigenvalue weighted by Gasteiger charge is -2.17. The second kappa shape index (κ2) is 10.1. The minimum atomic E-state index is -0.589. The zero-order valence-corrected chi connectivity index (χ0v) is 19.0. The number of thioether (sulfide) groups is 1. The van der Waals surface area contributed by atoms with Crippen LogP contribution in [0.3, 0.4) is 0 Å². The van der Waals surface area contributed by atoms with Gasteiger partial charge in [0.15, 0.2) is 10.9 Å². The second-order valence-corrected chi connectivity index (χ2v) is 8.29. The van der Waals surface area contributed by atoms with Crippen LogP contribution in [0.2, 0.25) is 0 Å². The molecule has 0 saturated heterocycles. The van der Waals surface area contributed by atoms with E-state index in [0.29, 0.717) is 16.4 Å². The minimum Gasteiger partial charge on any atom is -0.497 e. The van der Waals surface area contributed by atoms with E-state index in [1.807, 2.05) is 59.2 Å². The maximum atomic E-state index is 13.4. The van der Waals surface area contributed by atoms with Crippen LogP contribution >= 0.6 is 11.8 Å². The van der Waals surface area contributed by atoms with E-state index in [9.17, 15) is 9.59 Å². The standard InChI is InChI=1S/C25H22N4O3S/c1-17(30)19-9-6-10-20(15-19)27-24(31)23(18-7-4-3-5-8-18)33-25-28-26-16-29(25)21-11-13-22(32-2)14-12-21/h3-16,23H,1-2H3,(H,27,31). The lowest BCUT2D eigenvalue weighted by Crippen LogP contribution is -2.19. The van der Waals surface area contributed by atoms with Gasteiger partial charge in [0.25, 0.3) is 0 Å². The number of ketones is 1. The van der Waals surface area contributed by atoms with Gasteiger partial charge in [-0.15, -0.1) is 10.2 Å². The number of amides is 1. The number of carbonyl (C=O) groups excluding carboxylic acids is 2. The van der Waals surface area contributed by atoms with Crippen LogP contribution in [0.25, 0.3) is 5.69 Å². The molecule has 0 aliphatic heterocycles. The molecular weight excluding hydrogens is 436 g/mol. The molecule has 0 aliphatic rings. The summed E-state index contributed by atoms with van der Waals surface area (Å²) < 4.78 is 7.05. The van der Waals surface area contributed by atoms with E-state index in [1.54, 1.807) is 37.7 Å². The second-order valence-electron chi connectivity index (χ2n) is 7.22. The lowest BCUT2D eigenvalue weighted by atomic mass is 10.1. The summed E-state index contributed by atoms with van der Waals surface area (Å²) in [5.41, 5.74) is 2.78. The van der Waals surface area contributed by atoms with Gasteiger partial charge in [-0.25, -0.2) is 0 Å². The van der Waals surface area contributed by atoms with Crippen molar-refractivity contribution >= 4 is 29.1 Å². The third-order valence-electron chi connectivity index (χ3n) is 4.97. The van der Waals surface area contributed by atoms with Gasteiger partial charge in [0.1, 0.15) is 17.3 Å². The Hall–Kier alpha value is -3.91. The summed E-state index contributed by atoms with van der Waals surface area (Å²) >= 11 is 1.30. The first-order valence-electron chi connectivity index (χ1n) is 10.2. The van der Waals surface area contributed by atoms with Crippen LogP contribution in [0.5, 0.6) is 5.75 Å². The van der Waals surface area contributed by atoms with Crippen molar-refractivity contribution in [3.8, 4) is 11.4 Å². The summed E-state index contributed by atoms with van der Waals surface area (Å²) in [6.45, 7) is 1.50. The molecular formula is C25H22N4O3S. The molecule has 0 fully saturated rings. The van der Waals surface area contributed by atoms with Crippen LogP contribution < -0.4 is 10.1 Å². The highest BCUT2D eigenvalue weighted by Crippen LogP contribution is 2.36. The number of nitrogens with one attached hydrogen (secondary N) is 1. The van der Waals surface area contributed by atoms with Gasteiger partial charge in [0, 0.05) is 16.9 Å². The van der Waals surface area contributed by atoms with Crippen molar-refractivity contribution in [3.05, 3.63) is 96.3 Å². The number of hydrogen-bond donors (Lipinski definition) is 1. The fraction of sp³-hybridized carbons (Fsp3) is 0.120. The van der Waals surface area contributed by atoms with E-state index in [4.69, 9.17) is 4.74 Å². The van der Waals surface area contributed by atoms with Crippen molar-refractivity contribution in [2.75, 3.05) is 12.4 Å². The molecule has 0 spiro atoms. The van der Waals surface area contributed by atoms with E-state index >= 15 is 0 Å². The molecule has 1 N–H and O–H groups in total. The van der Waals surface area contributed by atoms with E-state index in [-0.39, 0.29) is 11.7 Å². The molecule has 1 heterocycles. The Morgan fingerprint density at radius 3 is 2.45 bits per heavy atom. The number of aromatic nitrogens is 3. The zero-order valence-electron chi connectivity index (χ0n) is 18.1. The van der Waals surface area contributed by atoms with E-state index in [2.05, 4.69) is 15.5 Å². The van der Waals surface area contributed by atoms with E-state index < -0.39 is 5.25 Å². The third-order valence-corrected chi connectivity index (χ3v) is 6.18. The molecule has 0 saturated carbocycles. The number of anilines is 1. The van der Waals surface area contributed by atoms with Gasteiger partial charge in [-0.1, -0.05) is 54.2 Å². The van der Waals surface area contributed by atoms with Crippen molar-refractivity contribution in [1.29, 1.82) is 0 Å². The van der Waals surface area contributed by atoms with Gasteiger partial charge in [-0.3, -0.25) is 14.2 Å². The number of hydrogen-bond acceptors (Lipinski definition) is 6. The van der Waals surface area contributed by atoms with Crippen LogP contribution in [0.1, 0.15) is 28.1 Å². The highest BCUT2D eigenvalue weighted by atomic mass is 32.2. The molecule has 1 unspecified atom stereocenters. The minimum absolute atomic E-state index is 0.0623. The van der Waals surface area contributed by atoms with Crippen LogP contribution in [-0.4, -0.2) is 33.6 Å².